The van der Waals surface area contributed by atoms with Crippen LogP contribution in [-0.4, -0.2) is 55.1 Å². The van der Waals surface area contributed by atoms with Crippen molar-refractivity contribution in [2.24, 2.45) is 0 Å². The van der Waals surface area contributed by atoms with Crippen LogP contribution in [0.1, 0.15) is 44.6 Å². The minimum Gasteiger partial charge on any atom is -0.352 e. The Kier molecular flexibility index (Phi) is 9.58. The normalized spacial score (nSPS) is 15.6. The molecule has 1 atom stereocenters. The highest BCUT2D eigenvalue weighted by Crippen LogP contribution is 2.21. The van der Waals surface area contributed by atoms with Gasteiger partial charge in [-0.3, -0.25) is 9.59 Å². The Labute approximate surface area is 217 Å². The Morgan fingerprint density at radius 3 is 2.31 bits per heavy atom. The van der Waals surface area contributed by atoms with Crippen molar-refractivity contribution in [3.05, 3.63) is 64.1 Å². The number of rotatable bonds is 9. The molecule has 0 radical (unpaired) electrons. The van der Waals surface area contributed by atoms with Gasteiger partial charge >= 0.3 is 0 Å². The van der Waals surface area contributed by atoms with Gasteiger partial charge in [0.2, 0.25) is 21.8 Å². The summed E-state index contributed by atoms with van der Waals surface area (Å²) in [6.07, 6.45) is 5.14. The van der Waals surface area contributed by atoms with E-state index in [4.69, 9.17) is 23.2 Å². The Morgan fingerprint density at radius 1 is 1.03 bits per heavy atom. The minimum atomic E-state index is -3.93. The van der Waals surface area contributed by atoms with Crippen molar-refractivity contribution in [2.45, 2.75) is 62.6 Å². The number of amides is 2. The first-order valence-corrected chi connectivity index (χ1v) is 13.8. The van der Waals surface area contributed by atoms with Crippen LogP contribution in [0.3, 0.4) is 0 Å². The number of nitrogens with one attached hydrogen (secondary N) is 1. The van der Waals surface area contributed by atoms with Gasteiger partial charge in [-0.1, -0.05) is 54.6 Å². The first kappa shape index (κ1) is 27.5. The highest BCUT2D eigenvalue weighted by Gasteiger charge is 2.31. The number of sulfonamides is 1. The second-order valence-electron chi connectivity index (χ2n) is 8.89. The lowest BCUT2D eigenvalue weighted by Crippen LogP contribution is -2.52. The first-order valence-electron chi connectivity index (χ1n) is 11.6. The molecule has 7 nitrogen and oxygen atoms in total. The lowest BCUT2D eigenvalue weighted by Gasteiger charge is -2.32. The van der Waals surface area contributed by atoms with Gasteiger partial charge in [-0.15, -0.1) is 0 Å². The van der Waals surface area contributed by atoms with Gasteiger partial charge in [-0.25, -0.2) is 8.42 Å². The second-order valence-corrected chi connectivity index (χ2v) is 11.8. The molecule has 3 rings (SSSR count). The van der Waals surface area contributed by atoms with Crippen molar-refractivity contribution in [1.29, 1.82) is 0 Å². The van der Waals surface area contributed by atoms with Crippen molar-refractivity contribution < 1.29 is 18.0 Å². The Morgan fingerprint density at radius 2 is 1.69 bits per heavy atom. The summed E-state index contributed by atoms with van der Waals surface area (Å²) in [5, 5.41) is 3.98. The maximum absolute atomic E-state index is 13.4. The molecule has 0 aliphatic heterocycles. The van der Waals surface area contributed by atoms with Gasteiger partial charge < -0.3 is 10.2 Å². The lowest BCUT2D eigenvalue weighted by molar-refractivity contribution is -0.141. The third-order valence-corrected chi connectivity index (χ3v) is 8.55. The maximum atomic E-state index is 13.4. The minimum absolute atomic E-state index is 0.0293. The molecule has 0 saturated heterocycles. The fourth-order valence-corrected chi connectivity index (χ4v) is 5.60. The van der Waals surface area contributed by atoms with E-state index in [-0.39, 0.29) is 23.4 Å². The molecule has 2 aromatic rings. The summed E-state index contributed by atoms with van der Waals surface area (Å²) in [7, 11) is -2.59. The van der Waals surface area contributed by atoms with Gasteiger partial charge in [0, 0.05) is 29.7 Å². The predicted molar refractivity (Wildman–Crippen MR) is 138 cm³/mol. The van der Waals surface area contributed by atoms with Crippen molar-refractivity contribution in [1.82, 2.24) is 14.5 Å². The summed E-state index contributed by atoms with van der Waals surface area (Å²) >= 11 is 12.0. The summed E-state index contributed by atoms with van der Waals surface area (Å²) in [5.41, 5.74) is 0.742. The summed E-state index contributed by atoms with van der Waals surface area (Å²) in [6, 6.07) is 12.1. The molecule has 1 aliphatic carbocycles. The molecular weight excluding hydrogens is 509 g/mol. The lowest BCUT2D eigenvalue weighted by atomic mass is 9.95. The average molecular weight is 541 g/mol. The van der Waals surface area contributed by atoms with Crippen molar-refractivity contribution in [2.75, 3.05) is 13.6 Å². The van der Waals surface area contributed by atoms with Crippen LogP contribution in [0.2, 0.25) is 10.0 Å². The van der Waals surface area contributed by atoms with Crippen LogP contribution >= 0.6 is 23.2 Å². The number of carbonyl (C=O) groups is 2. The third kappa shape index (κ3) is 7.43. The topological polar surface area (TPSA) is 86.8 Å². The number of benzene rings is 2. The molecule has 1 fully saturated rings. The van der Waals surface area contributed by atoms with E-state index < -0.39 is 28.5 Å². The van der Waals surface area contributed by atoms with Gasteiger partial charge in [0.1, 0.15) is 6.04 Å². The van der Waals surface area contributed by atoms with E-state index in [1.54, 1.807) is 25.1 Å². The molecule has 1 N–H and O–H groups in total. The van der Waals surface area contributed by atoms with E-state index in [1.807, 2.05) is 6.07 Å². The van der Waals surface area contributed by atoms with Crippen LogP contribution in [0.15, 0.2) is 53.4 Å². The first-order chi connectivity index (χ1) is 16.6. The molecule has 1 aliphatic rings. The summed E-state index contributed by atoms with van der Waals surface area (Å²) in [5.74, 6) is -0.744. The quantitative estimate of drug-likeness (QED) is 0.508. The van der Waals surface area contributed by atoms with Crippen LogP contribution in [0.4, 0.5) is 0 Å². The van der Waals surface area contributed by atoms with Crippen LogP contribution in [0.25, 0.3) is 0 Å². The smallest absolute Gasteiger partial charge is 0.243 e. The monoisotopic (exact) mass is 539 g/mol. The number of hydrogen-bond acceptors (Lipinski definition) is 4. The summed E-state index contributed by atoms with van der Waals surface area (Å²) < 4.78 is 27.0. The number of hydrogen-bond donors (Lipinski definition) is 1. The third-order valence-electron chi connectivity index (χ3n) is 6.24. The van der Waals surface area contributed by atoms with E-state index in [0.717, 1.165) is 42.0 Å². The van der Waals surface area contributed by atoms with Crippen LogP contribution in [-0.2, 0) is 26.2 Å². The molecule has 10 heteroatoms. The van der Waals surface area contributed by atoms with Crippen LogP contribution < -0.4 is 5.32 Å². The van der Waals surface area contributed by atoms with Crippen LogP contribution in [0.5, 0.6) is 0 Å². The molecule has 2 aromatic carbocycles. The highest BCUT2D eigenvalue weighted by molar-refractivity contribution is 7.89. The number of carbonyl (C=O) groups excluding carboxylic acids is 2. The van der Waals surface area contributed by atoms with E-state index >= 15 is 0 Å². The van der Waals surface area contributed by atoms with Crippen LogP contribution in [0, 0.1) is 0 Å². The zero-order chi connectivity index (χ0) is 25.6. The van der Waals surface area contributed by atoms with Crippen molar-refractivity contribution >= 4 is 45.0 Å². The molecule has 0 heterocycles. The highest BCUT2D eigenvalue weighted by atomic mass is 35.5. The van der Waals surface area contributed by atoms with E-state index in [1.165, 1.54) is 36.2 Å². The fourth-order valence-electron chi connectivity index (χ4n) is 4.14. The van der Waals surface area contributed by atoms with E-state index in [2.05, 4.69) is 5.32 Å². The Bertz CT molecular complexity index is 1140. The summed E-state index contributed by atoms with van der Waals surface area (Å²) in [6.45, 7) is 1.36. The molecule has 1 saturated carbocycles. The van der Waals surface area contributed by atoms with Crippen molar-refractivity contribution in [3.8, 4) is 0 Å². The number of likely N-dealkylation sites (N-methyl/N-ethyl adjacent to an activating group) is 1. The largest absolute Gasteiger partial charge is 0.352 e. The molecule has 0 unspecified atom stereocenters. The number of nitrogens with zero attached hydrogens (tertiary/aromatic N) is 2. The van der Waals surface area contributed by atoms with E-state index in [9.17, 15) is 18.0 Å². The molecular formula is C25H31Cl2N3O4S. The SMILES string of the molecule is C[C@H](C(=O)NC1CCCCC1)N(Cc1cccc(Cl)c1)C(=O)CN(C)S(=O)(=O)c1ccc(Cl)cc1. The van der Waals surface area contributed by atoms with E-state index in [0.29, 0.717) is 10.0 Å². The molecule has 190 valence electrons. The summed E-state index contributed by atoms with van der Waals surface area (Å²) in [4.78, 5) is 27.9. The van der Waals surface area contributed by atoms with Gasteiger partial charge in [-0.05, 0) is 61.7 Å². The number of halogens is 2. The maximum Gasteiger partial charge on any atom is 0.243 e. The zero-order valence-electron chi connectivity index (χ0n) is 19.9. The molecule has 0 bridgehead atoms. The van der Waals surface area contributed by atoms with Gasteiger partial charge in [0.05, 0.1) is 11.4 Å². The Hall–Kier alpha value is -2.13. The zero-order valence-corrected chi connectivity index (χ0v) is 22.2. The van der Waals surface area contributed by atoms with Crippen molar-refractivity contribution in [3.63, 3.8) is 0 Å². The molecule has 0 aromatic heterocycles. The molecule has 35 heavy (non-hydrogen) atoms. The molecule has 0 spiro atoms. The predicted octanol–water partition coefficient (Wildman–Crippen LogP) is 4.48. The van der Waals surface area contributed by atoms with Gasteiger partial charge in [0.25, 0.3) is 0 Å². The molecule has 2 amide bonds. The fraction of sp³-hybridized carbons (Fsp3) is 0.440. The van der Waals surface area contributed by atoms with Gasteiger partial charge in [0.15, 0.2) is 0 Å². The Balaban J connectivity index is 1.79. The average Bonchev–Trinajstić information content (AvgIpc) is 2.83. The van der Waals surface area contributed by atoms with Gasteiger partial charge in [-0.2, -0.15) is 4.31 Å². The standard InChI is InChI=1S/C25H31Cl2N3O4S/c1-18(25(32)28-22-9-4-3-5-10-22)30(16-19-7-6-8-21(27)15-19)24(31)17-29(2)35(33,34)23-13-11-20(26)12-14-23/h6-8,11-15,18,22H,3-5,9-10,16-17H2,1-2H3,(H,28,32)/t18-/m1/s1. The second kappa shape index (κ2) is 12.2.